The Hall–Kier alpha value is -2.96. The van der Waals surface area contributed by atoms with Crippen LogP contribution in [0, 0.1) is 11.7 Å². The predicted molar refractivity (Wildman–Crippen MR) is 123 cm³/mol. The van der Waals surface area contributed by atoms with Crippen molar-refractivity contribution in [3.05, 3.63) is 57.8 Å². The molecule has 0 saturated carbocycles. The molecule has 2 aliphatic rings. The Bertz CT molecular complexity index is 1230. The molecular weight excluding hydrogens is 510 g/mol. The van der Waals surface area contributed by atoms with E-state index in [9.17, 15) is 27.2 Å². The van der Waals surface area contributed by atoms with E-state index in [1.54, 1.807) is 4.90 Å². The van der Waals surface area contributed by atoms with Gasteiger partial charge in [-0.25, -0.2) is 9.37 Å². The Morgan fingerprint density at radius 3 is 2.63 bits per heavy atom. The van der Waals surface area contributed by atoms with Crippen LogP contribution in [0.2, 0.25) is 0 Å². The fourth-order valence-electron chi connectivity index (χ4n) is 4.17. The number of halogens is 5. The number of carbonyl (C=O) groups excluding carboxylic acids is 2. The number of amides is 2. The van der Waals surface area contributed by atoms with E-state index in [2.05, 4.69) is 4.98 Å². The SMILES string of the molecule is NC(=O)C1=CN(c2nc(-c3cccc(C(F)(F)F)c3F)cs2)C(N2CCCC(C(N)=O)C2)C(Cl)=C1. The molecule has 1 aromatic heterocycles. The van der Waals surface area contributed by atoms with Crippen LogP contribution >= 0.6 is 22.9 Å². The van der Waals surface area contributed by atoms with Crippen molar-refractivity contribution in [3.63, 3.8) is 0 Å². The first-order valence-electron chi connectivity index (χ1n) is 10.5. The van der Waals surface area contributed by atoms with Crippen molar-refractivity contribution in [2.45, 2.75) is 25.2 Å². The summed E-state index contributed by atoms with van der Waals surface area (Å²) in [4.78, 5) is 31.5. The molecule has 0 aliphatic carbocycles. The minimum absolute atomic E-state index is 0.0132. The van der Waals surface area contributed by atoms with Gasteiger partial charge in [0.05, 0.1) is 27.8 Å². The lowest BCUT2D eigenvalue weighted by Crippen LogP contribution is -2.53. The van der Waals surface area contributed by atoms with Crippen LogP contribution in [-0.2, 0) is 15.8 Å². The summed E-state index contributed by atoms with van der Waals surface area (Å²) >= 11 is 7.58. The highest BCUT2D eigenvalue weighted by Crippen LogP contribution is 2.39. The predicted octanol–water partition coefficient (Wildman–Crippen LogP) is 3.80. The number of thiazole rings is 1. The van der Waals surface area contributed by atoms with Gasteiger partial charge in [-0.05, 0) is 31.1 Å². The van der Waals surface area contributed by atoms with Gasteiger partial charge in [-0.3, -0.25) is 14.5 Å². The van der Waals surface area contributed by atoms with Crippen LogP contribution in [0.4, 0.5) is 22.7 Å². The Morgan fingerprint density at radius 2 is 1.97 bits per heavy atom. The zero-order valence-electron chi connectivity index (χ0n) is 18.1. The van der Waals surface area contributed by atoms with Gasteiger partial charge >= 0.3 is 6.18 Å². The molecule has 13 heteroatoms. The minimum Gasteiger partial charge on any atom is -0.369 e. The number of aromatic nitrogens is 1. The molecular formula is C22H20ClF4N5O2S. The maximum absolute atomic E-state index is 14.7. The smallest absolute Gasteiger partial charge is 0.369 e. The zero-order valence-corrected chi connectivity index (χ0v) is 19.6. The Balaban J connectivity index is 1.73. The average Bonchev–Trinajstić information content (AvgIpc) is 3.27. The molecule has 4 N–H and O–H groups in total. The highest BCUT2D eigenvalue weighted by Gasteiger charge is 2.38. The molecule has 1 aromatic carbocycles. The topological polar surface area (TPSA) is 106 Å². The van der Waals surface area contributed by atoms with Gasteiger partial charge in [0.2, 0.25) is 11.8 Å². The zero-order chi connectivity index (χ0) is 25.5. The fourth-order valence-corrected chi connectivity index (χ4v) is 5.36. The van der Waals surface area contributed by atoms with Gasteiger partial charge in [0, 0.05) is 30.2 Å². The number of primary amides is 2. The van der Waals surface area contributed by atoms with Crippen LogP contribution in [0.15, 0.2) is 46.5 Å². The number of hydrogen-bond acceptors (Lipinski definition) is 6. The summed E-state index contributed by atoms with van der Waals surface area (Å²) < 4.78 is 54.2. The van der Waals surface area contributed by atoms with E-state index >= 15 is 0 Å². The highest BCUT2D eigenvalue weighted by molar-refractivity contribution is 7.14. The second-order valence-corrected chi connectivity index (χ2v) is 9.45. The molecule has 1 fully saturated rings. The highest BCUT2D eigenvalue weighted by atomic mass is 35.5. The second kappa shape index (κ2) is 9.59. The summed E-state index contributed by atoms with van der Waals surface area (Å²) in [7, 11) is 0. The standard InChI is InChI=1S/C22H20ClF4N5O2S/c23-15-7-12(19(29)34)9-32(20(15)31-6-2-3-11(8-31)18(28)33)21-30-16(10-35-21)13-4-1-5-14(17(13)24)22(25,26)27/h1,4-5,7,9-11,20H,2-3,6,8H2,(H2,28,33)(H2,29,34). The normalized spacial score (nSPS) is 21.5. The summed E-state index contributed by atoms with van der Waals surface area (Å²) in [5.41, 5.74) is 9.30. The van der Waals surface area contributed by atoms with Gasteiger partial charge in [0.25, 0.3) is 0 Å². The van der Waals surface area contributed by atoms with Crippen LogP contribution in [0.3, 0.4) is 0 Å². The van der Waals surface area contributed by atoms with Crippen LogP contribution < -0.4 is 16.4 Å². The second-order valence-electron chi connectivity index (χ2n) is 8.18. The van der Waals surface area contributed by atoms with Crippen molar-refractivity contribution in [2.75, 3.05) is 18.0 Å². The van der Waals surface area contributed by atoms with Gasteiger partial charge in [0.1, 0.15) is 12.0 Å². The number of nitrogens with zero attached hydrogens (tertiary/aromatic N) is 3. The Labute approximate surface area is 206 Å². The van der Waals surface area contributed by atoms with E-state index < -0.39 is 41.5 Å². The molecule has 2 unspecified atom stereocenters. The van der Waals surface area contributed by atoms with E-state index in [0.29, 0.717) is 32.0 Å². The van der Waals surface area contributed by atoms with Gasteiger partial charge in [0.15, 0.2) is 5.13 Å². The number of carbonyl (C=O) groups is 2. The summed E-state index contributed by atoms with van der Waals surface area (Å²) in [6.07, 6.45) is -1.39. The third kappa shape index (κ3) is 5.04. The van der Waals surface area contributed by atoms with E-state index in [4.69, 9.17) is 23.1 Å². The fraction of sp³-hybridized carbons (Fsp3) is 0.318. The Kier molecular flexibility index (Phi) is 6.89. The van der Waals surface area contributed by atoms with Crippen molar-refractivity contribution in [3.8, 4) is 11.3 Å². The first-order chi connectivity index (χ1) is 16.5. The largest absolute Gasteiger partial charge is 0.419 e. The van der Waals surface area contributed by atoms with Gasteiger partial charge < -0.3 is 16.4 Å². The molecule has 4 rings (SSSR count). The van der Waals surface area contributed by atoms with E-state index in [0.717, 1.165) is 17.4 Å². The average molecular weight is 530 g/mol. The molecule has 0 spiro atoms. The maximum Gasteiger partial charge on any atom is 0.419 e. The number of alkyl halides is 3. The number of rotatable bonds is 5. The molecule has 1 saturated heterocycles. The number of likely N-dealkylation sites (tertiary alicyclic amines) is 1. The van der Waals surface area contributed by atoms with Crippen LogP contribution in [0.25, 0.3) is 11.3 Å². The molecule has 35 heavy (non-hydrogen) atoms. The van der Waals surface area contributed by atoms with Gasteiger partial charge in [-0.15, -0.1) is 11.3 Å². The lowest BCUT2D eigenvalue weighted by molar-refractivity contribution is -0.140. The van der Waals surface area contributed by atoms with Crippen molar-refractivity contribution in [2.24, 2.45) is 17.4 Å². The van der Waals surface area contributed by atoms with Gasteiger partial charge in [-0.2, -0.15) is 13.2 Å². The molecule has 3 heterocycles. The number of piperidine rings is 1. The summed E-state index contributed by atoms with van der Waals surface area (Å²) in [6.45, 7) is 0.871. The molecule has 7 nitrogen and oxygen atoms in total. The van der Waals surface area contributed by atoms with Crippen LogP contribution in [0.5, 0.6) is 0 Å². The van der Waals surface area contributed by atoms with E-state index in [-0.39, 0.29) is 27.0 Å². The third-order valence-electron chi connectivity index (χ3n) is 5.86. The first-order valence-corrected chi connectivity index (χ1v) is 11.7. The molecule has 0 radical (unpaired) electrons. The maximum atomic E-state index is 14.7. The number of benzene rings is 1. The lowest BCUT2D eigenvalue weighted by atomic mass is 9.96. The Morgan fingerprint density at radius 1 is 1.23 bits per heavy atom. The van der Waals surface area contributed by atoms with Crippen molar-refractivity contribution < 1.29 is 27.2 Å². The van der Waals surface area contributed by atoms with E-state index in [1.165, 1.54) is 23.7 Å². The minimum atomic E-state index is -4.86. The quantitative estimate of drug-likeness (QED) is 0.573. The molecule has 2 atom stereocenters. The molecule has 2 aliphatic heterocycles. The monoisotopic (exact) mass is 529 g/mol. The van der Waals surface area contributed by atoms with Crippen molar-refractivity contribution in [1.82, 2.24) is 9.88 Å². The first kappa shape index (κ1) is 25.1. The van der Waals surface area contributed by atoms with Crippen LogP contribution in [0.1, 0.15) is 18.4 Å². The number of hydrogen-bond donors (Lipinski definition) is 2. The molecule has 2 amide bonds. The summed E-state index contributed by atoms with van der Waals surface area (Å²) in [6, 6.07) is 2.97. The summed E-state index contributed by atoms with van der Waals surface area (Å²) in [5, 5.41) is 1.89. The lowest BCUT2D eigenvalue weighted by Gasteiger charge is -2.43. The van der Waals surface area contributed by atoms with Crippen molar-refractivity contribution in [1.29, 1.82) is 0 Å². The number of nitrogens with two attached hydrogens (primary N) is 2. The van der Waals surface area contributed by atoms with Gasteiger partial charge in [-0.1, -0.05) is 17.7 Å². The summed E-state index contributed by atoms with van der Waals surface area (Å²) in [5.74, 6) is -3.02. The van der Waals surface area contributed by atoms with E-state index in [1.807, 2.05) is 4.90 Å². The molecule has 2 aromatic rings. The third-order valence-corrected chi connectivity index (χ3v) is 7.02. The number of anilines is 1. The molecule has 186 valence electrons. The van der Waals surface area contributed by atoms with Crippen LogP contribution in [-0.4, -0.2) is 41.0 Å². The molecule has 0 bridgehead atoms. The van der Waals surface area contributed by atoms with Crippen molar-refractivity contribution >= 4 is 39.9 Å².